The number of amides is 2. The van der Waals surface area contributed by atoms with Crippen molar-refractivity contribution < 1.29 is 22.7 Å². The SMILES string of the molecule is CS(=O)(=O)N1CC[C@H](C(=O)Nc2ccccc2C(=O)N2CCCC2)Oc2ccccc21. The molecule has 4 rings (SSSR count). The zero-order valence-electron chi connectivity index (χ0n) is 17.3. The van der Waals surface area contributed by atoms with Gasteiger partial charge in [0, 0.05) is 26.1 Å². The van der Waals surface area contributed by atoms with Gasteiger partial charge in [-0.1, -0.05) is 24.3 Å². The summed E-state index contributed by atoms with van der Waals surface area (Å²) in [6, 6.07) is 13.7. The van der Waals surface area contributed by atoms with E-state index in [1.54, 1.807) is 53.4 Å². The number of nitrogens with one attached hydrogen (secondary N) is 1. The zero-order chi connectivity index (χ0) is 22.0. The zero-order valence-corrected chi connectivity index (χ0v) is 18.1. The standard InChI is InChI=1S/C22H25N3O5S/c1-31(28,29)25-15-12-20(30-19-11-5-4-10-18(19)25)21(26)23-17-9-3-2-8-16(17)22(27)24-13-6-7-14-24/h2-5,8-11,20H,6-7,12-15H2,1H3,(H,23,26)/t20-/m1/s1. The van der Waals surface area contributed by atoms with E-state index < -0.39 is 22.0 Å². The van der Waals surface area contributed by atoms with Crippen LogP contribution in [0, 0.1) is 0 Å². The third-order valence-corrected chi connectivity index (χ3v) is 6.68. The number of nitrogens with zero attached hydrogens (tertiary/aromatic N) is 2. The van der Waals surface area contributed by atoms with Crippen molar-refractivity contribution in [3.8, 4) is 5.75 Å². The summed E-state index contributed by atoms with van der Waals surface area (Å²) in [6.07, 6.45) is 2.36. The lowest BCUT2D eigenvalue weighted by Gasteiger charge is -2.20. The predicted octanol–water partition coefficient (Wildman–Crippen LogP) is 2.48. The summed E-state index contributed by atoms with van der Waals surface area (Å²) >= 11 is 0. The molecule has 0 radical (unpaired) electrons. The Hall–Kier alpha value is -3.07. The van der Waals surface area contributed by atoms with Crippen LogP contribution < -0.4 is 14.4 Å². The molecule has 0 aliphatic carbocycles. The lowest BCUT2D eigenvalue weighted by molar-refractivity contribution is -0.122. The number of para-hydroxylation sites is 3. The van der Waals surface area contributed by atoms with Gasteiger partial charge in [-0.2, -0.15) is 0 Å². The lowest BCUT2D eigenvalue weighted by Crippen LogP contribution is -2.36. The number of carbonyl (C=O) groups excluding carboxylic acids is 2. The first-order valence-corrected chi connectivity index (χ1v) is 12.1. The Morgan fingerprint density at radius 1 is 1.00 bits per heavy atom. The third kappa shape index (κ3) is 4.51. The molecule has 9 heteroatoms. The summed E-state index contributed by atoms with van der Waals surface area (Å²) in [5, 5.41) is 2.82. The highest BCUT2D eigenvalue weighted by molar-refractivity contribution is 7.92. The Bertz CT molecular complexity index is 1100. The van der Waals surface area contributed by atoms with Crippen molar-refractivity contribution in [3.63, 3.8) is 0 Å². The van der Waals surface area contributed by atoms with Crippen LogP contribution in [0.25, 0.3) is 0 Å². The number of anilines is 2. The van der Waals surface area contributed by atoms with Crippen LogP contribution in [-0.4, -0.2) is 57.1 Å². The number of benzene rings is 2. The van der Waals surface area contributed by atoms with E-state index in [4.69, 9.17) is 4.74 Å². The molecule has 2 amide bonds. The maximum Gasteiger partial charge on any atom is 0.265 e. The maximum atomic E-state index is 13.1. The molecule has 1 saturated heterocycles. The van der Waals surface area contributed by atoms with Crippen LogP contribution in [0.15, 0.2) is 48.5 Å². The van der Waals surface area contributed by atoms with E-state index in [1.165, 1.54) is 4.31 Å². The normalized spacial score (nSPS) is 18.7. The number of sulfonamides is 1. The summed E-state index contributed by atoms with van der Waals surface area (Å²) in [5.41, 5.74) is 1.26. The van der Waals surface area contributed by atoms with E-state index in [-0.39, 0.29) is 18.9 Å². The number of rotatable bonds is 4. The number of likely N-dealkylation sites (tertiary alicyclic amines) is 1. The molecule has 164 valence electrons. The van der Waals surface area contributed by atoms with E-state index in [1.807, 2.05) is 0 Å². The summed E-state index contributed by atoms with van der Waals surface area (Å²) in [5.74, 6) is -0.206. The quantitative estimate of drug-likeness (QED) is 0.783. The lowest BCUT2D eigenvalue weighted by atomic mass is 10.1. The van der Waals surface area contributed by atoms with Crippen molar-refractivity contribution in [1.82, 2.24) is 4.90 Å². The second kappa shape index (κ2) is 8.58. The van der Waals surface area contributed by atoms with Crippen LogP contribution in [0.3, 0.4) is 0 Å². The van der Waals surface area contributed by atoms with Gasteiger partial charge in [-0.15, -0.1) is 0 Å². The second-order valence-electron chi connectivity index (χ2n) is 7.73. The highest BCUT2D eigenvalue weighted by Gasteiger charge is 2.32. The van der Waals surface area contributed by atoms with Crippen molar-refractivity contribution in [3.05, 3.63) is 54.1 Å². The number of carbonyl (C=O) groups is 2. The average molecular weight is 444 g/mol. The van der Waals surface area contributed by atoms with Crippen molar-refractivity contribution in [2.45, 2.75) is 25.4 Å². The molecular formula is C22H25N3O5S. The second-order valence-corrected chi connectivity index (χ2v) is 9.64. The smallest absolute Gasteiger partial charge is 0.265 e. The van der Waals surface area contributed by atoms with Crippen LogP contribution in [0.1, 0.15) is 29.6 Å². The molecule has 8 nitrogen and oxygen atoms in total. The van der Waals surface area contributed by atoms with Crippen LogP contribution >= 0.6 is 0 Å². The molecular weight excluding hydrogens is 418 g/mol. The van der Waals surface area contributed by atoms with Gasteiger partial charge in [0.05, 0.1) is 23.2 Å². The van der Waals surface area contributed by atoms with Gasteiger partial charge in [-0.05, 0) is 37.1 Å². The van der Waals surface area contributed by atoms with Crippen LogP contribution in [0.4, 0.5) is 11.4 Å². The first-order chi connectivity index (χ1) is 14.8. The molecule has 2 heterocycles. The van der Waals surface area contributed by atoms with E-state index in [0.717, 1.165) is 19.1 Å². The Kier molecular flexibility index (Phi) is 5.86. The Balaban J connectivity index is 1.56. The van der Waals surface area contributed by atoms with Crippen molar-refractivity contribution in [1.29, 1.82) is 0 Å². The molecule has 2 aliphatic heterocycles. The Labute approximate surface area is 181 Å². The van der Waals surface area contributed by atoms with E-state index >= 15 is 0 Å². The molecule has 0 bridgehead atoms. The minimum atomic E-state index is -3.53. The number of ether oxygens (including phenoxy) is 1. The molecule has 31 heavy (non-hydrogen) atoms. The van der Waals surface area contributed by atoms with Crippen molar-refractivity contribution in [2.75, 3.05) is 35.5 Å². The summed E-state index contributed by atoms with van der Waals surface area (Å²) in [6.45, 7) is 1.54. The summed E-state index contributed by atoms with van der Waals surface area (Å²) < 4.78 is 31.6. The molecule has 0 aromatic heterocycles. The van der Waals surface area contributed by atoms with Gasteiger partial charge >= 0.3 is 0 Å². The molecule has 2 aromatic rings. The van der Waals surface area contributed by atoms with Gasteiger partial charge in [-0.25, -0.2) is 8.42 Å². The largest absolute Gasteiger partial charge is 0.478 e. The van der Waals surface area contributed by atoms with Gasteiger partial charge in [0.1, 0.15) is 5.75 Å². The maximum absolute atomic E-state index is 13.1. The Morgan fingerprint density at radius 2 is 1.68 bits per heavy atom. The first-order valence-electron chi connectivity index (χ1n) is 10.3. The highest BCUT2D eigenvalue weighted by atomic mass is 32.2. The van der Waals surface area contributed by atoms with Crippen molar-refractivity contribution >= 4 is 33.2 Å². The minimum absolute atomic E-state index is 0.108. The average Bonchev–Trinajstić information content (AvgIpc) is 3.20. The summed E-state index contributed by atoms with van der Waals surface area (Å²) in [4.78, 5) is 27.7. The molecule has 1 atom stereocenters. The van der Waals surface area contributed by atoms with Gasteiger partial charge in [0.25, 0.3) is 11.8 Å². The minimum Gasteiger partial charge on any atom is -0.478 e. The molecule has 2 aliphatic rings. The van der Waals surface area contributed by atoms with Gasteiger partial charge in [0.15, 0.2) is 6.10 Å². The summed E-state index contributed by atoms with van der Waals surface area (Å²) in [7, 11) is -3.53. The number of hydrogen-bond donors (Lipinski definition) is 1. The fourth-order valence-corrected chi connectivity index (χ4v) is 4.89. The first kappa shape index (κ1) is 21.2. The number of hydrogen-bond acceptors (Lipinski definition) is 5. The molecule has 1 fully saturated rings. The molecule has 0 spiro atoms. The van der Waals surface area contributed by atoms with Gasteiger partial charge in [-0.3, -0.25) is 13.9 Å². The van der Waals surface area contributed by atoms with Gasteiger partial charge in [0.2, 0.25) is 10.0 Å². The molecule has 1 N–H and O–H groups in total. The Morgan fingerprint density at radius 3 is 2.42 bits per heavy atom. The molecule has 2 aromatic carbocycles. The molecule has 0 unspecified atom stereocenters. The van der Waals surface area contributed by atoms with E-state index in [2.05, 4.69) is 5.32 Å². The fourth-order valence-electron chi connectivity index (χ4n) is 3.94. The van der Waals surface area contributed by atoms with Gasteiger partial charge < -0.3 is 15.0 Å². The van der Waals surface area contributed by atoms with Crippen molar-refractivity contribution in [2.24, 2.45) is 0 Å². The predicted molar refractivity (Wildman–Crippen MR) is 118 cm³/mol. The van der Waals surface area contributed by atoms with E-state index in [0.29, 0.717) is 35.8 Å². The van der Waals surface area contributed by atoms with E-state index in [9.17, 15) is 18.0 Å². The fraction of sp³-hybridized carbons (Fsp3) is 0.364. The number of fused-ring (bicyclic) bond motifs is 1. The molecule has 0 saturated carbocycles. The highest BCUT2D eigenvalue weighted by Crippen LogP contribution is 2.34. The van der Waals surface area contributed by atoms with Crippen LogP contribution in [0.2, 0.25) is 0 Å². The topological polar surface area (TPSA) is 96.0 Å². The van der Waals surface area contributed by atoms with Crippen LogP contribution in [-0.2, 0) is 14.8 Å². The monoisotopic (exact) mass is 443 g/mol. The third-order valence-electron chi connectivity index (χ3n) is 5.50. The van der Waals surface area contributed by atoms with Crippen LogP contribution in [0.5, 0.6) is 5.75 Å².